The SMILES string of the molecule is C[n+]1ccc(CC(=O)N2CCN(C3c4c(Cl)cc(Cl)cc4CCc4cc(Br)c[n+](O)c43)CC2)cc1. The molecule has 1 fully saturated rings. The molecular weight excluding hydrogens is 551 g/mol. The summed E-state index contributed by atoms with van der Waals surface area (Å²) < 4.78 is 3.99. The van der Waals surface area contributed by atoms with E-state index in [1.54, 1.807) is 12.3 Å². The van der Waals surface area contributed by atoms with Crippen LogP contribution >= 0.6 is 39.1 Å². The number of benzene rings is 1. The lowest BCUT2D eigenvalue weighted by molar-refractivity contribution is -0.911. The van der Waals surface area contributed by atoms with Crippen LogP contribution in [0.1, 0.15) is 34.0 Å². The summed E-state index contributed by atoms with van der Waals surface area (Å²) >= 11 is 16.7. The monoisotopic (exact) mass is 576 g/mol. The lowest BCUT2D eigenvalue weighted by Gasteiger charge is -2.38. The van der Waals surface area contributed by atoms with Crippen LogP contribution in [0.15, 0.2) is 53.4 Å². The minimum absolute atomic E-state index is 0.131. The number of hydrogen-bond donors (Lipinski definition) is 1. The number of rotatable bonds is 3. The van der Waals surface area contributed by atoms with E-state index in [9.17, 15) is 10.0 Å². The van der Waals surface area contributed by atoms with Crippen molar-refractivity contribution >= 4 is 45.0 Å². The average Bonchev–Trinajstić information content (AvgIpc) is 2.98. The molecule has 1 unspecified atom stereocenters. The fraction of sp³-hybridized carbons (Fsp3) is 0.346. The third-order valence-corrected chi connectivity index (χ3v) is 7.91. The van der Waals surface area contributed by atoms with E-state index in [1.165, 1.54) is 4.73 Å². The smallest absolute Gasteiger partial charge is 0.258 e. The summed E-state index contributed by atoms with van der Waals surface area (Å²) in [6.07, 6.45) is 7.52. The molecule has 1 N–H and O–H groups in total. The summed E-state index contributed by atoms with van der Waals surface area (Å²) in [5.74, 6) is 0.131. The van der Waals surface area contributed by atoms with Crippen LogP contribution in [0.4, 0.5) is 0 Å². The van der Waals surface area contributed by atoms with Crippen molar-refractivity contribution in [3.05, 3.63) is 91.4 Å². The van der Waals surface area contributed by atoms with Crippen LogP contribution in [0.25, 0.3) is 0 Å². The number of carbonyl (C=O) groups excluding carboxylic acids is 1. The van der Waals surface area contributed by atoms with Crippen LogP contribution in [-0.2, 0) is 31.1 Å². The predicted molar refractivity (Wildman–Crippen MR) is 137 cm³/mol. The Morgan fingerprint density at radius 2 is 1.77 bits per heavy atom. The second-order valence-corrected chi connectivity index (χ2v) is 11.0. The maximum absolute atomic E-state index is 13.0. The minimum atomic E-state index is -0.239. The zero-order valence-corrected chi connectivity index (χ0v) is 22.5. The molecule has 9 heteroatoms. The first kappa shape index (κ1) is 24.5. The molecule has 0 saturated carbocycles. The Labute approximate surface area is 223 Å². The fourth-order valence-corrected chi connectivity index (χ4v) is 6.30. The number of aromatic nitrogens is 2. The second kappa shape index (κ2) is 10.1. The van der Waals surface area contributed by atoms with E-state index < -0.39 is 0 Å². The van der Waals surface area contributed by atoms with Crippen LogP contribution in [-0.4, -0.2) is 47.1 Å². The Morgan fingerprint density at radius 3 is 2.49 bits per heavy atom. The number of fused-ring (bicyclic) bond motifs is 2. The Morgan fingerprint density at radius 1 is 1.09 bits per heavy atom. The third-order valence-electron chi connectivity index (χ3n) is 6.94. The van der Waals surface area contributed by atoms with E-state index in [1.807, 2.05) is 47.1 Å². The summed E-state index contributed by atoms with van der Waals surface area (Å²) in [5.41, 5.74) is 4.96. The summed E-state index contributed by atoms with van der Waals surface area (Å²) in [6, 6.07) is 9.56. The van der Waals surface area contributed by atoms with Gasteiger partial charge in [0.15, 0.2) is 12.4 Å². The highest BCUT2D eigenvalue weighted by Crippen LogP contribution is 2.41. The van der Waals surface area contributed by atoms with Gasteiger partial charge in [-0.1, -0.05) is 23.2 Å². The van der Waals surface area contributed by atoms with Gasteiger partial charge >= 0.3 is 0 Å². The van der Waals surface area contributed by atoms with Crippen molar-refractivity contribution in [2.75, 3.05) is 26.2 Å². The van der Waals surface area contributed by atoms with Gasteiger partial charge in [0.2, 0.25) is 12.1 Å². The van der Waals surface area contributed by atoms with Gasteiger partial charge < -0.3 is 4.90 Å². The van der Waals surface area contributed by atoms with Crippen LogP contribution in [0.2, 0.25) is 10.0 Å². The lowest BCUT2D eigenvalue weighted by atomic mass is 9.95. The molecule has 0 spiro atoms. The summed E-state index contributed by atoms with van der Waals surface area (Å²) in [5, 5.41) is 12.2. The molecule has 3 heterocycles. The van der Waals surface area contributed by atoms with E-state index in [4.69, 9.17) is 23.2 Å². The average molecular weight is 578 g/mol. The van der Waals surface area contributed by atoms with Gasteiger partial charge in [0, 0.05) is 64.2 Å². The Balaban J connectivity index is 1.43. The van der Waals surface area contributed by atoms with Crippen molar-refractivity contribution in [2.45, 2.75) is 25.3 Å². The molecule has 3 aromatic rings. The van der Waals surface area contributed by atoms with Crippen LogP contribution < -0.4 is 9.30 Å². The van der Waals surface area contributed by atoms with E-state index in [0.717, 1.165) is 45.3 Å². The quantitative estimate of drug-likeness (QED) is 0.382. The Hall–Kier alpha value is -2.19. The molecule has 1 saturated heterocycles. The van der Waals surface area contributed by atoms with Gasteiger partial charge in [0.25, 0.3) is 5.69 Å². The molecule has 1 aliphatic heterocycles. The van der Waals surface area contributed by atoms with E-state index >= 15 is 0 Å². The molecular formula is C26H27BrCl2N4O2+2. The molecule has 2 aromatic heterocycles. The van der Waals surface area contributed by atoms with Crippen molar-refractivity contribution in [3.63, 3.8) is 0 Å². The van der Waals surface area contributed by atoms with E-state index in [2.05, 4.69) is 26.9 Å². The summed E-state index contributed by atoms with van der Waals surface area (Å²) in [6.45, 7) is 2.59. The maximum Gasteiger partial charge on any atom is 0.258 e. The fourth-order valence-electron chi connectivity index (χ4n) is 5.19. The van der Waals surface area contributed by atoms with Gasteiger partial charge in [-0.25, -0.2) is 4.57 Å². The standard InChI is InChI=1S/C26H27BrCl2N4O2/c1-30-6-4-17(5-7-30)12-23(34)31-8-10-32(11-9-31)26-24-18(14-21(28)15-22(24)29)2-3-19-13-20(27)16-33(35)25(19)26/h4-7,13-16,26,35H,2-3,8-12H2,1H3/q+2. The van der Waals surface area contributed by atoms with Gasteiger partial charge in [-0.2, -0.15) is 0 Å². The predicted octanol–water partition coefficient (Wildman–Crippen LogP) is 3.68. The topological polar surface area (TPSA) is 51.5 Å². The van der Waals surface area contributed by atoms with Gasteiger partial charge in [0.1, 0.15) is 13.1 Å². The first-order valence-electron chi connectivity index (χ1n) is 11.7. The molecule has 5 rings (SSSR count). The molecule has 0 radical (unpaired) electrons. The van der Waals surface area contributed by atoms with Crippen molar-refractivity contribution in [3.8, 4) is 0 Å². The normalized spacial score (nSPS) is 18.1. The number of amides is 1. The minimum Gasteiger partial charge on any atom is -0.340 e. The van der Waals surface area contributed by atoms with Crippen molar-refractivity contribution < 1.29 is 19.3 Å². The molecule has 1 aromatic carbocycles. The highest BCUT2D eigenvalue weighted by Gasteiger charge is 2.40. The number of aryl methyl sites for hydroxylation is 3. The van der Waals surface area contributed by atoms with Gasteiger partial charge in [0.05, 0.1) is 10.9 Å². The highest BCUT2D eigenvalue weighted by molar-refractivity contribution is 9.10. The number of hydrogen-bond acceptors (Lipinski definition) is 3. The first-order valence-corrected chi connectivity index (χ1v) is 13.2. The maximum atomic E-state index is 13.0. The number of carbonyl (C=O) groups is 1. The van der Waals surface area contributed by atoms with E-state index in [0.29, 0.717) is 42.6 Å². The highest BCUT2D eigenvalue weighted by atomic mass is 79.9. The van der Waals surface area contributed by atoms with Gasteiger partial charge in [-0.15, -0.1) is 0 Å². The van der Waals surface area contributed by atoms with Crippen molar-refractivity contribution in [1.82, 2.24) is 9.80 Å². The molecule has 1 atom stereocenters. The Kier molecular flexibility index (Phi) is 7.04. The van der Waals surface area contributed by atoms with Crippen LogP contribution in [0.5, 0.6) is 0 Å². The van der Waals surface area contributed by atoms with Gasteiger partial charge in [-0.3, -0.25) is 14.9 Å². The Bertz CT molecular complexity index is 1220. The van der Waals surface area contributed by atoms with Crippen LogP contribution in [0.3, 0.4) is 0 Å². The summed E-state index contributed by atoms with van der Waals surface area (Å²) in [4.78, 5) is 17.2. The molecule has 35 heavy (non-hydrogen) atoms. The van der Waals surface area contributed by atoms with Crippen molar-refractivity contribution in [2.24, 2.45) is 7.05 Å². The largest absolute Gasteiger partial charge is 0.340 e. The molecule has 1 amide bonds. The molecule has 2 aliphatic rings. The molecule has 6 nitrogen and oxygen atoms in total. The zero-order valence-electron chi connectivity index (χ0n) is 19.4. The number of piperazine rings is 1. The summed E-state index contributed by atoms with van der Waals surface area (Å²) in [7, 11) is 1.96. The van der Waals surface area contributed by atoms with E-state index in [-0.39, 0.29) is 11.9 Å². The number of halogens is 3. The lowest BCUT2D eigenvalue weighted by Crippen LogP contribution is -2.52. The molecule has 1 aliphatic carbocycles. The van der Waals surface area contributed by atoms with Crippen LogP contribution in [0, 0.1) is 0 Å². The first-order chi connectivity index (χ1) is 16.8. The molecule has 0 bridgehead atoms. The third kappa shape index (κ3) is 5.05. The van der Waals surface area contributed by atoms with Gasteiger partial charge in [-0.05, 0) is 58.1 Å². The second-order valence-electron chi connectivity index (χ2n) is 9.24. The number of nitrogens with zero attached hydrogens (tertiary/aromatic N) is 4. The number of pyridine rings is 2. The zero-order chi connectivity index (χ0) is 24.7. The van der Waals surface area contributed by atoms with Crippen molar-refractivity contribution in [1.29, 1.82) is 0 Å². The molecule has 182 valence electrons.